The van der Waals surface area contributed by atoms with Crippen molar-refractivity contribution in [1.82, 2.24) is 15.0 Å². The fourth-order valence-corrected chi connectivity index (χ4v) is 2.07. The Kier molecular flexibility index (Phi) is 4.94. The molecular weight excluding hydrogens is 258 g/mol. The van der Waals surface area contributed by atoms with Crippen LogP contribution in [0.5, 0.6) is 6.01 Å². The number of anilines is 2. The average molecular weight is 281 g/mol. The summed E-state index contributed by atoms with van der Waals surface area (Å²) in [5.74, 6) is 1.01. The van der Waals surface area contributed by atoms with E-state index in [1.54, 1.807) is 14.2 Å². The monoisotopic (exact) mass is 281 g/mol. The maximum atomic E-state index is 5.57. The number of methoxy groups -OCH3 is 1. The lowest BCUT2D eigenvalue weighted by Gasteiger charge is -2.40. The maximum Gasteiger partial charge on any atom is 0.323 e. The van der Waals surface area contributed by atoms with Crippen molar-refractivity contribution in [3.05, 3.63) is 0 Å². The molecule has 7 nitrogen and oxygen atoms in total. The molecule has 1 saturated carbocycles. The van der Waals surface area contributed by atoms with Gasteiger partial charge >= 0.3 is 6.01 Å². The van der Waals surface area contributed by atoms with E-state index in [4.69, 9.17) is 9.47 Å². The molecular formula is C13H23N5O2. The Hall–Kier alpha value is -1.63. The second kappa shape index (κ2) is 6.69. The molecule has 0 amide bonds. The number of hydrogen-bond donors (Lipinski definition) is 2. The van der Waals surface area contributed by atoms with Crippen molar-refractivity contribution in [2.45, 2.75) is 38.2 Å². The van der Waals surface area contributed by atoms with E-state index in [-0.39, 0.29) is 5.60 Å². The summed E-state index contributed by atoms with van der Waals surface area (Å²) < 4.78 is 11.0. The second-order valence-corrected chi connectivity index (χ2v) is 4.96. The van der Waals surface area contributed by atoms with Gasteiger partial charge < -0.3 is 20.1 Å². The molecule has 7 heteroatoms. The lowest BCUT2D eigenvalue weighted by molar-refractivity contribution is -0.0602. The Morgan fingerprint density at radius 3 is 2.50 bits per heavy atom. The van der Waals surface area contributed by atoms with Gasteiger partial charge in [-0.15, -0.1) is 0 Å². The highest BCUT2D eigenvalue weighted by atomic mass is 16.5. The highest BCUT2D eigenvalue weighted by molar-refractivity contribution is 5.35. The van der Waals surface area contributed by atoms with Crippen LogP contribution in [-0.2, 0) is 4.74 Å². The van der Waals surface area contributed by atoms with Crippen molar-refractivity contribution in [1.29, 1.82) is 0 Å². The number of hydrogen-bond acceptors (Lipinski definition) is 7. The third kappa shape index (κ3) is 3.47. The average Bonchev–Trinajstić information content (AvgIpc) is 2.44. The number of nitrogens with zero attached hydrogens (tertiary/aromatic N) is 3. The summed E-state index contributed by atoms with van der Waals surface area (Å²) in [4.78, 5) is 12.7. The van der Waals surface area contributed by atoms with Gasteiger partial charge in [-0.2, -0.15) is 15.0 Å². The zero-order valence-electron chi connectivity index (χ0n) is 12.4. The molecule has 0 atom stereocenters. The van der Waals surface area contributed by atoms with E-state index in [9.17, 15) is 0 Å². The van der Waals surface area contributed by atoms with Crippen LogP contribution in [0.25, 0.3) is 0 Å². The minimum atomic E-state index is -0.0725. The molecule has 0 aromatic carbocycles. The van der Waals surface area contributed by atoms with Gasteiger partial charge in [0.2, 0.25) is 11.9 Å². The second-order valence-electron chi connectivity index (χ2n) is 4.96. The van der Waals surface area contributed by atoms with E-state index in [0.29, 0.717) is 31.1 Å². The first kappa shape index (κ1) is 14.8. The minimum Gasteiger partial charge on any atom is -0.463 e. The predicted octanol–water partition coefficient (Wildman–Crippen LogP) is 1.68. The highest BCUT2D eigenvalue weighted by Gasteiger charge is 2.36. The third-order valence-electron chi connectivity index (χ3n) is 3.54. The van der Waals surface area contributed by atoms with Crippen LogP contribution in [0.2, 0.25) is 0 Å². The Labute approximate surface area is 119 Å². The number of nitrogens with one attached hydrogen (secondary N) is 2. The van der Waals surface area contributed by atoms with Crippen LogP contribution in [0.15, 0.2) is 0 Å². The van der Waals surface area contributed by atoms with E-state index in [1.165, 1.54) is 6.42 Å². The smallest absolute Gasteiger partial charge is 0.323 e. The molecule has 0 aliphatic heterocycles. The van der Waals surface area contributed by atoms with E-state index in [2.05, 4.69) is 25.6 Å². The van der Waals surface area contributed by atoms with Gasteiger partial charge in [0.05, 0.1) is 12.2 Å². The first-order valence-electron chi connectivity index (χ1n) is 7.07. The lowest BCUT2D eigenvalue weighted by atomic mass is 9.80. The first-order valence-corrected chi connectivity index (χ1v) is 7.07. The molecule has 2 rings (SSSR count). The van der Waals surface area contributed by atoms with Crippen LogP contribution in [0, 0.1) is 0 Å². The molecule has 0 saturated heterocycles. The maximum absolute atomic E-state index is 5.57. The largest absolute Gasteiger partial charge is 0.463 e. The van der Waals surface area contributed by atoms with E-state index >= 15 is 0 Å². The standard InChI is InChI=1S/C13H23N5O2/c1-4-8-20-12-17-10(14-2)16-11(18-12)15-9-13(19-3)6-5-7-13/h4-9H2,1-3H3,(H2,14,15,16,17,18). The lowest BCUT2D eigenvalue weighted by Crippen LogP contribution is -2.45. The number of aromatic nitrogens is 3. The SMILES string of the molecule is CCCOc1nc(NC)nc(NCC2(OC)CCC2)n1. The molecule has 1 aromatic heterocycles. The molecule has 0 unspecified atom stereocenters. The molecule has 1 aliphatic carbocycles. The van der Waals surface area contributed by atoms with E-state index < -0.39 is 0 Å². The molecule has 2 N–H and O–H groups in total. The quantitative estimate of drug-likeness (QED) is 0.750. The van der Waals surface area contributed by atoms with Crippen LogP contribution in [0.4, 0.5) is 11.9 Å². The summed E-state index contributed by atoms with van der Waals surface area (Å²) >= 11 is 0. The molecule has 1 aliphatic rings. The zero-order chi connectivity index (χ0) is 14.4. The van der Waals surface area contributed by atoms with Gasteiger partial charge in [-0.05, 0) is 25.7 Å². The molecule has 1 aromatic rings. The number of ether oxygens (including phenoxy) is 2. The van der Waals surface area contributed by atoms with Crippen molar-refractivity contribution in [2.24, 2.45) is 0 Å². The first-order chi connectivity index (χ1) is 9.71. The summed E-state index contributed by atoms with van der Waals surface area (Å²) in [6.07, 6.45) is 4.26. The van der Waals surface area contributed by atoms with Crippen molar-refractivity contribution in [3.63, 3.8) is 0 Å². The van der Waals surface area contributed by atoms with Gasteiger partial charge in [0, 0.05) is 20.7 Å². The highest BCUT2D eigenvalue weighted by Crippen LogP contribution is 2.34. The van der Waals surface area contributed by atoms with Crippen LogP contribution >= 0.6 is 0 Å². The summed E-state index contributed by atoms with van der Waals surface area (Å²) in [6.45, 7) is 3.33. The Morgan fingerprint density at radius 1 is 1.20 bits per heavy atom. The van der Waals surface area contributed by atoms with Crippen LogP contribution in [0.3, 0.4) is 0 Å². The Balaban J connectivity index is 2.02. The van der Waals surface area contributed by atoms with Gasteiger partial charge in [-0.25, -0.2) is 0 Å². The fraction of sp³-hybridized carbons (Fsp3) is 0.769. The van der Waals surface area contributed by atoms with Crippen LogP contribution in [-0.4, -0.2) is 47.9 Å². The third-order valence-corrected chi connectivity index (χ3v) is 3.54. The molecule has 0 radical (unpaired) electrons. The van der Waals surface area contributed by atoms with Gasteiger partial charge in [-0.1, -0.05) is 6.92 Å². The zero-order valence-corrected chi connectivity index (χ0v) is 12.4. The van der Waals surface area contributed by atoms with Crippen molar-refractivity contribution in [2.75, 3.05) is 37.9 Å². The molecule has 0 spiro atoms. The van der Waals surface area contributed by atoms with Crippen molar-refractivity contribution >= 4 is 11.9 Å². The molecule has 1 fully saturated rings. The van der Waals surface area contributed by atoms with Crippen molar-refractivity contribution < 1.29 is 9.47 Å². The normalized spacial score (nSPS) is 16.4. The molecule has 112 valence electrons. The van der Waals surface area contributed by atoms with Gasteiger partial charge in [-0.3, -0.25) is 0 Å². The summed E-state index contributed by atoms with van der Waals surface area (Å²) in [5.41, 5.74) is -0.0725. The van der Waals surface area contributed by atoms with E-state index in [0.717, 1.165) is 19.3 Å². The Bertz CT molecular complexity index is 431. The fourth-order valence-electron chi connectivity index (χ4n) is 2.07. The Morgan fingerprint density at radius 2 is 1.95 bits per heavy atom. The topological polar surface area (TPSA) is 81.2 Å². The molecule has 20 heavy (non-hydrogen) atoms. The van der Waals surface area contributed by atoms with Gasteiger partial charge in [0.1, 0.15) is 0 Å². The minimum absolute atomic E-state index is 0.0725. The molecule has 1 heterocycles. The van der Waals surface area contributed by atoms with Gasteiger partial charge in [0.15, 0.2) is 0 Å². The summed E-state index contributed by atoms with van der Waals surface area (Å²) in [5, 5.41) is 6.13. The molecule has 0 bridgehead atoms. The van der Waals surface area contributed by atoms with Gasteiger partial charge in [0.25, 0.3) is 0 Å². The summed E-state index contributed by atoms with van der Waals surface area (Å²) in [7, 11) is 3.52. The van der Waals surface area contributed by atoms with E-state index in [1.807, 2.05) is 6.92 Å². The van der Waals surface area contributed by atoms with Crippen LogP contribution in [0.1, 0.15) is 32.6 Å². The van der Waals surface area contributed by atoms with Crippen molar-refractivity contribution in [3.8, 4) is 6.01 Å². The summed E-state index contributed by atoms with van der Waals surface area (Å²) in [6, 6.07) is 0.341. The predicted molar refractivity (Wildman–Crippen MR) is 77.2 cm³/mol. The number of rotatable bonds is 8. The van der Waals surface area contributed by atoms with Crippen LogP contribution < -0.4 is 15.4 Å².